The summed E-state index contributed by atoms with van der Waals surface area (Å²) < 4.78 is 0. The molecule has 2 rings (SSSR count). The van der Waals surface area contributed by atoms with E-state index in [-0.39, 0.29) is 10.6 Å². The summed E-state index contributed by atoms with van der Waals surface area (Å²) in [6.07, 6.45) is 2.34. The number of rotatable bonds is 2. The van der Waals surface area contributed by atoms with Crippen LogP contribution in [-0.2, 0) is 0 Å². The summed E-state index contributed by atoms with van der Waals surface area (Å²) in [5.74, 6) is 0.619. The van der Waals surface area contributed by atoms with Crippen molar-refractivity contribution in [1.29, 1.82) is 0 Å². The average molecular weight is 220 g/mol. The maximum atomic E-state index is 10.9. The molecule has 86 valence electrons. The first-order chi connectivity index (χ1) is 7.68. The Morgan fingerprint density at radius 3 is 2.88 bits per heavy atom. The van der Waals surface area contributed by atoms with Gasteiger partial charge in [-0.1, -0.05) is 19.1 Å². The van der Waals surface area contributed by atoms with Gasteiger partial charge >= 0.3 is 0 Å². The third kappa shape index (κ3) is 2.15. The summed E-state index contributed by atoms with van der Waals surface area (Å²) in [5, 5.41) is 10.9. The normalized spacial score (nSPS) is 20.8. The summed E-state index contributed by atoms with van der Waals surface area (Å²) in [6.45, 7) is 4.04. The minimum absolute atomic E-state index is 0.219. The van der Waals surface area contributed by atoms with Gasteiger partial charge in [-0.15, -0.1) is 0 Å². The molecule has 4 nitrogen and oxygen atoms in total. The summed E-state index contributed by atoms with van der Waals surface area (Å²) in [6, 6.07) is 7.00. The summed E-state index contributed by atoms with van der Waals surface area (Å²) >= 11 is 0. The molecule has 0 spiro atoms. The molecule has 4 heteroatoms. The van der Waals surface area contributed by atoms with Gasteiger partial charge in [-0.25, -0.2) is 0 Å². The average Bonchev–Trinajstić information content (AvgIpc) is 2.29. The predicted octanol–water partition coefficient (Wildman–Crippen LogP) is 2.83. The Kier molecular flexibility index (Phi) is 3.08. The molecule has 1 unspecified atom stereocenters. The Morgan fingerprint density at radius 1 is 1.44 bits per heavy atom. The largest absolute Gasteiger partial charge is 0.366 e. The van der Waals surface area contributed by atoms with Crippen LogP contribution in [0.2, 0.25) is 0 Å². The van der Waals surface area contributed by atoms with E-state index in [9.17, 15) is 10.1 Å². The molecule has 1 aliphatic heterocycles. The molecular formula is C12H16N2O2. The maximum absolute atomic E-state index is 10.9. The number of nitro groups is 1. The lowest BCUT2D eigenvalue weighted by Gasteiger charge is -2.32. The van der Waals surface area contributed by atoms with Gasteiger partial charge < -0.3 is 4.90 Å². The highest BCUT2D eigenvalue weighted by Gasteiger charge is 2.22. The van der Waals surface area contributed by atoms with Crippen LogP contribution in [0.5, 0.6) is 0 Å². The van der Waals surface area contributed by atoms with Gasteiger partial charge in [0.25, 0.3) is 5.69 Å². The highest BCUT2D eigenvalue weighted by molar-refractivity contribution is 5.63. The number of hydrogen-bond acceptors (Lipinski definition) is 3. The van der Waals surface area contributed by atoms with Crippen LogP contribution in [0.3, 0.4) is 0 Å². The van der Waals surface area contributed by atoms with Crippen molar-refractivity contribution in [3.8, 4) is 0 Å². The van der Waals surface area contributed by atoms with Gasteiger partial charge in [-0.05, 0) is 24.8 Å². The molecule has 0 aromatic heterocycles. The molecular weight excluding hydrogens is 204 g/mol. The lowest BCUT2D eigenvalue weighted by molar-refractivity contribution is -0.384. The van der Waals surface area contributed by atoms with E-state index in [1.807, 2.05) is 12.1 Å². The Bertz CT molecular complexity index is 392. The highest BCUT2D eigenvalue weighted by Crippen LogP contribution is 2.30. The van der Waals surface area contributed by atoms with Crippen LogP contribution in [0.15, 0.2) is 24.3 Å². The van der Waals surface area contributed by atoms with E-state index in [0.717, 1.165) is 25.2 Å². The zero-order valence-electron chi connectivity index (χ0n) is 9.43. The third-order valence-corrected chi connectivity index (χ3v) is 3.08. The predicted molar refractivity (Wildman–Crippen MR) is 63.7 cm³/mol. The van der Waals surface area contributed by atoms with Crippen molar-refractivity contribution >= 4 is 11.4 Å². The van der Waals surface area contributed by atoms with Crippen LogP contribution in [0, 0.1) is 16.0 Å². The van der Waals surface area contributed by atoms with E-state index in [4.69, 9.17) is 0 Å². The first-order valence-electron chi connectivity index (χ1n) is 5.67. The first kappa shape index (κ1) is 10.9. The molecule has 1 aromatic carbocycles. The van der Waals surface area contributed by atoms with Crippen molar-refractivity contribution in [3.63, 3.8) is 0 Å². The molecule has 1 aromatic rings. The number of nitrogens with zero attached hydrogens (tertiary/aromatic N) is 2. The molecule has 0 bridgehead atoms. The van der Waals surface area contributed by atoms with Crippen LogP contribution >= 0.6 is 0 Å². The molecule has 0 aliphatic carbocycles. The zero-order chi connectivity index (χ0) is 11.5. The molecule has 16 heavy (non-hydrogen) atoms. The molecule has 1 aliphatic rings. The number of piperidine rings is 1. The number of para-hydroxylation sites is 2. The van der Waals surface area contributed by atoms with Crippen molar-refractivity contribution in [3.05, 3.63) is 34.4 Å². The second kappa shape index (κ2) is 4.51. The summed E-state index contributed by atoms with van der Waals surface area (Å²) in [7, 11) is 0. The van der Waals surface area contributed by atoms with Gasteiger partial charge in [0.15, 0.2) is 0 Å². The second-order valence-corrected chi connectivity index (χ2v) is 4.44. The lowest BCUT2D eigenvalue weighted by atomic mass is 9.99. The van der Waals surface area contributed by atoms with E-state index >= 15 is 0 Å². The van der Waals surface area contributed by atoms with Crippen molar-refractivity contribution in [2.45, 2.75) is 19.8 Å². The standard InChI is InChI=1S/C12H16N2O2/c1-10-5-4-8-13(9-10)11-6-2-3-7-12(11)14(15)16/h2-3,6-7,10H,4-5,8-9H2,1H3. The van der Waals surface area contributed by atoms with E-state index in [1.54, 1.807) is 12.1 Å². The minimum atomic E-state index is -0.297. The molecule has 0 N–H and O–H groups in total. The zero-order valence-corrected chi connectivity index (χ0v) is 9.43. The molecule has 0 radical (unpaired) electrons. The first-order valence-corrected chi connectivity index (χ1v) is 5.67. The molecule has 1 atom stereocenters. The Morgan fingerprint density at radius 2 is 2.19 bits per heavy atom. The molecule has 1 heterocycles. The molecule has 0 amide bonds. The van der Waals surface area contributed by atoms with Crippen LogP contribution in [0.25, 0.3) is 0 Å². The van der Waals surface area contributed by atoms with Crippen LogP contribution in [0.1, 0.15) is 19.8 Å². The van der Waals surface area contributed by atoms with E-state index in [1.165, 1.54) is 6.42 Å². The van der Waals surface area contributed by atoms with Crippen LogP contribution in [-0.4, -0.2) is 18.0 Å². The van der Waals surface area contributed by atoms with E-state index in [2.05, 4.69) is 11.8 Å². The Balaban J connectivity index is 2.28. The van der Waals surface area contributed by atoms with Crippen molar-refractivity contribution < 1.29 is 4.92 Å². The van der Waals surface area contributed by atoms with Gasteiger partial charge in [0.2, 0.25) is 0 Å². The van der Waals surface area contributed by atoms with Gasteiger partial charge in [-0.3, -0.25) is 10.1 Å². The van der Waals surface area contributed by atoms with E-state index in [0.29, 0.717) is 5.92 Å². The molecule has 1 fully saturated rings. The monoisotopic (exact) mass is 220 g/mol. The van der Waals surface area contributed by atoms with Crippen molar-refractivity contribution in [2.24, 2.45) is 5.92 Å². The second-order valence-electron chi connectivity index (χ2n) is 4.44. The smallest absolute Gasteiger partial charge is 0.292 e. The van der Waals surface area contributed by atoms with Gasteiger partial charge in [-0.2, -0.15) is 0 Å². The summed E-state index contributed by atoms with van der Waals surface area (Å²) in [5.41, 5.74) is 0.982. The number of nitro benzene ring substituents is 1. The Labute approximate surface area is 95.0 Å². The topological polar surface area (TPSA) is 46.4 Å². The number of hydrogen-bond donors (Lipinski definition) is 0. The summed E-state index contributed by atoms with van der Waals surface area (Å²) in [4.78, 5) is 12.8. The van der Waals surface area contributed by atoms with E-state index < -0.39 is 0 Å². The quantitative estimate of drug-likeness (QED) is 0.568. The van der Waals surface area contributed by atoms with Crippen LogP contribution in [0.4, 0.5) is 11.4 Å². The maximum Gasteiger partial charge on any atom is 0.292 e. The molecule has 0 saturated carbocycles. The molecule has 1 saturated heterocycles. The lowest BCUT2D eigenvalue weighted by Crippen LogP contribution is -2.34. The fourth-order valence-electron chi connectivity index (χ4n) is 2.29. The van der Waals surface area contributed by atoms with Gasteiger partial charge in [0.05, 0.1) is 4.92 Å². The SMILES string of the molecule is CC1CCCN(c2ccccc2[N+](=O)[O-])C1. The third-order valence-electron chi connectivity index (χ3n) is 3.08. The fourth-order valence-corrected chi connectivity index (χ4v) is 2.29. The van der Waals surface area contributed by atoms with Crippen molar-refractivity contribution in [1.82, 2.24) is 0 Å². The fraction of sp³-hybridized carbons (Fsp3) is 0.500. The van der Waals surface area contributed by atoms with Gasteiger partial charge in [0, 0.05) is 19.2 Å². The van der Waals surface area contributed by atoms with Crippen LogP contribution < -0.4 is 4.90 Å². The number of benzene rings is 1. The highest BCUT2D eigenvalue weighted by atomic mass is 16.6. The number of anilines is 1. The van der Waals surface area contributed by atoms with Gasteiger partial charge in [0.1, 0.15) is 5.69 Å². The Hall–Kier alpha value is -1.58. The van der Waals surface area contributed by atoms with Crippen molar-refractivity contribution in [2.75, 3.05) is 18.0 Å². The minimum Gasteiger partial charge on any atom is -0.366 e.